The minimum absolute atomic E-state index is 0.349. The first-order chi connectivity index (χ1) is 7.45. The van der Waals surface area contributed by atoms with Crippen LogP contribution in [0.2, 0.25) is 0 Å². The molecule has 0 aromatic rings. The van der Waals surface area contributed by atoms with Crippen LogP contribution < -0.4 is 0 Å². The summed E-state index contributed by atoms with van der Waals surface area (Å²) in [6, 6.07) is 0. The van der Waals surface area contributed by atoms with Crippen molar-refractivity contribution in [3.63, 3.8) is 0 Å². The van der Waals surface area contributed by atoms with E-state index in [1.807, 2.05) is 0 Å². The monoisotopic (exact) mass is 230 g/mol. The molecule has 0 fully saturated rings. The molecule has 5 nitrogen and oxygen atoms in total. The maximum atomic E-state index is 9.98. The van der Waals surface area contributed by atoms with Crippen molar-refractivity contribution >= 4 is 0 Å². The highest BCUT2D eigenvalue weighted by atomic mass is 16.7. The first kappa shape index (κ1) is 13.0. The minimum atomic E-state index is -1.23. The minimum Gasteiger partial charge on any atom is -0.495 e. The predicted molar refractivity (Wildman–Crippen MR) is 57.6 cm³/mol. The van der Waals surface area contributed by atoms with E-state index in [2.05, 4.69) is 0 Å². The largest absolute Gasteiger partial charge is 0.495 e. The highest BCUT2D eigenvalue weighted by Gasteiger charge is 2.47. The van der Waals surface area contributed by atoms with E-state index in [0.717, 1.165) is 0 Å². The number of rotatable bonds is 4. The van der Waals surface area contributed by atoms with E-state index in [4.69, 9.17) is 18.9 Å². The Morgan fingerprint density at radius 1 is 0.938 bits per heavy atom. The zero-order valence-electron chi connectivity index (χ0n) is 10.2. The number of ether oxygens (including phenoxy) is 4. The molecule has 0 unspecified atom stereocenters. The van der Waals surface area contributed by atoms with Gasteiger partial charge in [-0.15, -0.1) is 0 Å². The Balaban J connectivity index is 3.29. The van der Waals surface area contributed by atoms with Gasteiger partial charge in [0.15, 0.2) is 11.5 Å². The van der Waals surface area contributed by atoms with Gasteiger partial charge in [0.1, 0.15) is 5.60 Å². The molecule has 1 rings (SSSR count). The van der Waals surface area contributed by atoms with Gasteiger partial charge >= 0.3 is 0 Å². The van der Waals surface area contributed by atoms with Crippen LogP contribution in [0.15, 0.2) is 23.7 Å². The number of hydrogen-bond donors (Lipinski definition) is 1. The van der Waals surface area contributed by atoms with E-state index in [-0.39, 0.29) is 0 Å². The van der Waals surface area contributed by atoms with E-state index < -0.39 is 11.4 Å². The summed E-state index contributed by atoms with van der Waals surface area (Å²) in [6.07, 6.45) is 3.03. The van der Waals surface area contributed by atoms with Crippen molar-refractivity contribution in [2.45, 2.75) is 18.3 Å². The lowest BCUT2D eigenvalue weighted by Crippen LogP contribution is -2.45. The SMILES string of the molecule is COC1=CC(C)(O)C=C(OC)C1(OC)OC. The molecular formula is C11H18O5. The molecule has 92 valence electrons. The molecule has 0 aromatic carbocycles. The average molecular weight is 230 g/mol. The smallest absolute Gasteiger partial charge is 0.287 e. The molecule has 1 aliphatic rings. The van der Waals surface area contributed by atoms with Crippen molar-refractivity contribution < 1.29 is 24.1 Å². The van der Waals surface area contributed by atoms with Crippen molar-refractivity contribution in [1.29, 1.82) is 0 Å². The van der Waals surface area contributed by atoms with Crippen LogP contribution in [0.1, 0.15) is 6.92 Å². The summed E-state index contributed by atoms with van der Waals surface area (Å²) in [4.78, 5) is 0. The third kappa shape index (κ3) is 1.93. The molecule has 1 N–H and O–H groups in total. The molecule has 0 aliphatic heterocycles. The zero-order valence-corrected chi connectivity index (χ0v) is 10.2. The van der Waals surface area contributed by atoms with Crippen molar-refractivity contribution in [2.24, 2.45) is 0 Å². The van der Waals surface area contributed by atoms with Gasteiger partial charge in [-0.1, -0.05) is 0 Å². The second-order valence-electron chi connectivity index (χ2n) is 3.68. The Bertz CT molecular complexity index is 286. The van der Waals surface area contributed by atoms with E-state index in [1.54, 1.807) is 6.92 Å². The third-order valence-electron chi connectivity index (χ3n) is 2.51. The highest BCUT2D eigenvalue weighted by molar-refractivity contribution is 5.34. The van der Waals surface area contributed by atoms with Gasteiger partial charge in [-0.25, -0.2) is 0 Å². The standard InChI is InChI=1S/C11H18O5/c1-10(12)6-8(13-2)11(15-4,16-5)9(7-10)14-3/h6-7,12H,1-5H3. The maximum absolute atomic E-state index is 9.98. The first-order valence-corrected chi connectivity index (χ1v) is 4.83. The van der Waals surface area contributed by atoms with Gasteiger partial charge in [-0.3, -0.25) is 0 Å². The second kappa shape index (κ2) is 4.45. The second-order valence-corrected chi connectivity index (χ2v) is 3.68. The Kier molecular flexibility index (Phi) is 3.62. The van der Waals surface area contributed by atoms with Crippen LogP contribution in [0.3, 0.4) is 0 Å². The zero-order chi connectivity index (χ0) is 12.4. The Morgan fingerprint density at radius 3 is 1.56 bits per heavy atom. The molecule has 1 aliphatic carbocycles. The van der Waals surface area contributed by atoms with Gasteiger partial charge < -0.3 is 24.1 Å². The highest BCUT2D eigenvalue weighted by Crippen LogP contribution is 2.38. The van der Waals surface area contributed by atoms with Crippen molar-refractivity contribution in [3.8, 4) is 0 Å². The molecule has 0 amide bonds. The van der Waals surface area contributed by atoms with Crippen LogP contribution in [0.4, 0.5) is 0 Å². The topological polar surface area (TPSA) is 57.2 Å². The summed E-state index contributed by atoms with van der Waals surface area (Å²) in [6.45, 7) is 1.61. The quantitative estimate of drug-likeness (QED) is 0.724. The molecule has 16 heavy (non-hydrogen) atoms. The number of aliphatic hydroxyl groups is 1. The molecular weight excluding hydrogens is 212 g/mol. The van der Waals surface area contributed by atoms with Crippen LogP contribution in [0.5, 0.6) is 0 Å². The fraction of sp³-hybridized carbons (Fsp3) is 0.636. The predicted octanol–water partition coefficient (Wildman–Crippen LogP) is 0.801. The summed E-state index contributed by atoms with van der Waals surface area (Å²) in [5.74, 6) is -0.533. The average Bonchev–Trinajstić information content (AvgIpc) is 2.27. The molecule has 0 atom stereocenters. The van der Waals surface area contributed by atoms with Gasteiger partial charge in [0.25, 0.3) is 5.79 Å². The molecule has 0 radical (unpaired) electrons. The van der Waals surface area contributed by atoms with Crippen molar-refractivity contribution in [2.75, 3.05) is 28.4 Å². The molecule has 0 aromatic heterocycles. The van der Waals surface area contributed by atoms with Crippen molar-refractivity contribution in [3.05, 3.63) is 23.7 Å². The van der Waals surface area contributed by atoms with E-state index in [1.165, 1.54) is 40.6 Å². The fourth-order valence-corrected chi connectivity index (χ4v) is 1.76. The van der Waals surface area contributed by atoms with Crippen LogP contribution in [0, 0.1) is 0 Å². The van der Waals surface area contributed by atoms with Gasteiger partial charge in [-0.05, 0) is 19.1 Å². The summed E-state index contributed by atoms with van der Waals surface area (Å²) in [5, 5.41) is 9.98. The van der Waals surface area contributed by atoms with Gasteiger partial charge in [0, 0.05) is 14.2 Å². The Hall–Kier alpha value is -1.04. The van der Waals surface area contributed by atoms with Gasteiger partial charge in [0.2, 0.25) is 0 Å². The Morgan fingerprint density at radius 2 is 1.31 bits per heavy atom. The number of methoxy groups -OCH3 is 4. The maximum Gasteiger partial charge on any atom is 0.287 e. The molecule has 0 heterocycles. The molecule has 0 saturated heterocycles. The Labute approximate surface area is 95.3 Å². The normalized spacial score (nSPS) is 22.1. The lowest BCUT2D eigenvalue weighted by Gasteiger charge is -2.37. The summed E-state index contributed by atoms with van der Waals surface area (Å²) in [7, 11) is 5.91. The molecule has 0 bridgehead atoms. The third-order valence-corrected chi connectivity index (χ3v) is 2.51. The first-order valence-electron chi connectivity index (χ1n) is 4.83. The molecule has 0 saturated carbocycles. The van der Waals surface area contributed by atoms with E-state index in [9.17, 15) is 5.11 Å². The van der Waals surface area contributed by atoms with Gasteiger partial charge in [0.05, 0.1) is 14.2 Å². The molecule has 5 heteroatoms. The van der Waals surface area contributed by atoms with Gasteiger partial charge in [-0.2, -0.15) is 0 Å². The van der Waals surface area contributed by atoms with E-state index in [0.29, 0.717) is 11.5 Å². The lowest BCUT2D eigenvalue weighted by atomic mass is 9.93. The van der Waals surface area contributed by atoms with Crippen LogP contribution >= 0.6 is 0 Å². The van der Waals surface area contributed by atoms with Crippen molar-refractivity contribution in [1.82, 2.24) is 0 Å². The van der Waals surface area contributed by atoms with Crippen LogP contribution in [-0.4, -0.2) is 44.9 Å². The van der Waals surface area contributed by atoms with Crippen LogP contribution in [-0.2, 0) is 18.9 Å². The summed E-state index contributed by atoms with van der Waals surface area (Å²) >= 11 is 0. The van der Waals surface area contributed by atoms with E-state index >= 15 is 0 Å². The number of hydrogen-bond acceptors (Lipinski definition) is 5. The summed E-state index contributed by atoms with van der Waals surface area (Å²) < 4.78 is 21.0. The summed E-state index contributed by atoms with van der Waals surface area (Å²) in [5.41, 5.74) is -1.16. The lowest BCUT2D eigenvalue weighted by molar-refractivity contribution is -0.198. The molecule has 0 spiro atoms. The van der Waals surface area contributed by atoms with Crippen LogP contribution in [0.25, 0.3) is 0 Å². The fourth-order valence-electron chi connectivity index (χ4n) is 1.76.